The van der Waals surface area contributed by atoms with Crippen LogP contribution in [0.5, 0.6) is 0 Å². The first-order valence-electron chi connectivity index (χ1n) is 8.85. The summed E-state index contributed by atoms with van der Waals surface area (Å²) in [5, 5.41) is 0. The molecule has 2 aliphatic heterocycles. The molecule has 4 rings (SSSR count). The second-order valence-electron chi connectivity index (χ2n) is 8.67. The van der Waals surface area contributed by atoms with E-state index in [4.69, 9.17) is 4.98 Å². The van der Waals surface area contributed by atoms with Gasteiger partial charge in [0.15, 0.2) is 0 Å². The van der Waals surface area contributed by atoms with Crippen LogP contribution in [-0.2, 0) is 11.0 Å². The molecule has 0 saturated heterocycles. The third kappa shape index (κ3) is 1.45. The summed E-state index contributed by atoms with van der Waals surface area (Å²) in [5.41, 5.74) is 6.51. The highest BCUT2D eigenvalue weighted by Gasteiger charge is 2.64. The standard InChI is InChI=1S/C21H27N3/c1-13-9-8-10-16-17(13)24-14(2)15-11-22-12-23-18(15)21(24,7)20(5,6)19(16,3)4/h8-12,14H,1-7H3. The molecule has 0 spiro atoms. The van der Waals surface area contributed by atoms with Gasteiger partial charge < -0.3 is 4.90 Å². The third-order valence-corrected chi connectivity index (χ3v) is 7.45. The van der Waals surface area contributed by atoms with Gasteiger partial charge in [0.1, 0.15) is 6.33 Å². The van der Waals surface area contributed by atoms with Crippen LogP contribution in [0, 0.1) is 12.3 Å². The van der Waals surface area contributed by atoms with Crippen LogP contribution in [0.4, 0.5) is 5.69 Å². The van der Waals surface area contributed by atoms with Gasteiger partial charge in [0, 0.05) is 22.9 Å². The van der Waals surface area contributed by atoms with Crippen molar-refractivity contribution in [3.8, 4) is 0 Å². The van der Waals surface area contributed by atoms with Crippen LogP contribution in [-0.4, -0.2) is 9.97 Å². The summed E-state index contributed by atoms with van der Waals surface area (Å²) in [6, 6.07) is 7.02. The summed E-state index contributed by atoms with van der Waals surface area (Å²) in [6.07, 6.45) is 3.72. The van der Waals surface area contributed by atoms with Gasteiger partial charge in [-0.1, -0.05) is 45.9 Å². The molecular weight excluding hydrogens is 294 g/mol. The highest BCUT2D eigenvalue weighted by atomic mass is 15.3. The van der Waals surface area contributed by atoms with Gasteiger partial charge in [0.05, 0.1) is 17.3 Å². The maximum absolute atomic E-state index is 4.78. The lowest BCUT2D eigenvalue weighted by atomic mass is 9.52. The molecular formula is C21H27N3. The smallest absolute Gasteiger partial charge is 0.115 e. The van der Waals surface area contributed by atoms with E-state index >= 15 is 0 Å². The molecule has 24 heavy (non-hydrogen) atoms. The summed E-state index contributed by atoms with van der Waals surface area (Å²) in [5.74, 6) is 0. The van der Waals surface area contributed by atoms with E-state index < -0.39 is 0 Å². The molecule has 3 heteroatoms. The number of anilines is 1. The first kappa shape index (κ1) is 15.6. The number of para-hydroxylation sites is 1. The maximum atomic E-state index is 4.78. The van der Waals surface area contributed by atoms with E-state index in [9.17, 15) is 0 Å². The van der Waals surface area contributed by atoms with E-state index in [-0.39, 0.29) is 22.4 Å². The molecule has 2 aliphatic rings. The molecule has 3 nitrogen and oxygen atoms in total. The number of hydrogen-bond acceptors (Lipinski definition) is 3. The fourth-order valence-electron chi connectivity index (χ4n) is 5.14. The van der Waals surface area contributed by atoms with Crippen molar-refractivity contribution in [2.75, 3.05) is 4.90 Å². The van der Waals surface area contributed by atoms with Crippen molar-refractivity contribution in [2.24, 2.45) is 5.41 Å². The summed E-state index contributed by atoms with van der Waals surface area (Å²) >= 11 is 0. The van der Waals surface area contributed by atoms with E-state index in [1.54, 1.807) is 6.33 Å². The predicted molar refractivity (Wildman–Crippen MR) is 98.3 cm³/mol. The second-order valence-corrected chi connectivity index (χ2v) is 8.67. The van der Waals surface area contributed by atoms with Crippen molar-refractivity contribution in [3.63, 3.8) is 0 Å². The van der Waals surface area contributed by atoms with Gasteiger partial charge in [-0.2, -0.15) is 0 Å². The van der Waals surface area contributed by atoms with E-state index in [1.807, 2.05) is 6.20 Å². The summed E-state index contributed by atoms with van der Waals surface area (Å²) in [4.78, 5) is 11.7. The van der Waals surface area contributed by atoms with Crippen molar-refractivity contribution < 1.29 is 0 Å². The van der Waals surface area contributed by atoms with Gasteiger partial charge in [-0.05, 0) is 37.3 Å². The van der Waals surface area contributed by atoms with Crippen LogP contribution in [0.3, 0.4) is 0 Å². The van der Waals surface area contributed by atoms with Gasteiger partial charge in [0.2, 0.25) is 0 Å². The largest absolute Gasteiger partial charge is 0.353 e. The zero-order chi connectivity index (χ0) is 17.5. The minimum atomic E-state index is -0.159. The minimum Gasteiger partial charge on any atom is -0.353 e. The Morgan fingerprint density at radius 1 is 1.08 bits per heavy atom. The van der Waals surface area contributed by atoms with Gasteiger partial charge >= 0.3 is 0 Å². The average Bonchev–Trinajstić information content (AvgIpc) is 2.77. The molecule has 0 N–H and O–H groups in total. The predicted octanol–water partition coefficient (Wildman–Crippen LogP) is 4.90. The van der Waals surface area contributed by atoms with Gasteiger partial charge in [-0.25, -0.2) is 9.97 Å². The Morgan fingerprint density at radius 3 is 2.50 bits per heavy atom. The third-order valence-electron chi connectivity index (χ3n) is 7.45. The molecule has 0 radical (unpaired) electrons. The molecule has 3 heterocycles. The summed E-state index contributed by atoms with van der Waals surface area (Å²) < 4.78 is 0. The molecule has 0 saturated carbocycles. The van der Waals surface area contributed by atoms with Crippen molar-refractivity contribution in [1.82, 2.24) is 9.97 Å². The summed E-state index contributed by atoms with van der Waals surface area (Å²) in [6.45, 7) is 16.5. The Kier molecular flexibility index (Phi) is 2.85. The van der Waals surface area contributed by atoms with Crippen LogP contribution < -0.4 is 4.90 Å². The monoisotopic (exact) mass is 321 g/mol. The van der Waals surface area contributed by atoms with E-state index in [2.05, 4.69) is 76.5 Å². The number of rotatable bonds is 0. The highest BCUT2D eigenvalue weighted by molar-refractivity contribution is 5.71. The number of aryl methyl sites for hydroxylation is 1. The fourth-order valence-corrected chi connectivity index (χ4v) is 5.14. The quantitative estimate of drug-likeness (QED) is 0.691. The molecule has 126 valence electrons. The molecule has 2 unspecified atom stereocenters. The molecule has 2 atom stereocenters. The lowest BCUT2D eigenvalue weighted by Gasteiger charge is -2.62. The number of hydrogen-bond donors (Lipinski definition) is 0. The first-order chi connectivity index (χ1) is 11.2. The first-order valence-corrected chi connectivity index (χ1v) is 8.85. The van der Waals surface area contributed by atoms with Crippen LogP contribution in [0.1, 0.15) is 70.0 Å². The van der Waals surface area contributed by atoms with Crippen LogP contribution in [0.25, 0.3) is 0 Å². The fraction of sp³-hybridized carbons (Fsp3) is 0.524. The normalized spacial score (nSPS) is 29.0. The van der Waals surface area contributed by atoms with Crippen LogP contribution >= 0.6 is 0 Å². The zero-order valence-electron chi connectivity index (χ0n) is 15.8. The Morgan fingerprint density at radius 2 is 1.79 bits per heavy atom. The van der Waals surface area contributed by atoms with Crippen molar-refractivity contribution in [2.45, 2.75) is 65.5 Å². The maximum Gasteiger partial charge on any atom is 0.115 e. The Bertz CT molecular complexity index is 837. The van der Waals surface area contributed by atoms with Gasteiger partial charge in [-0.15, -0.1) is 0 Å². The van der Waals surface area contributed by atoms with E-state index in [0.29, 0.717) is 0 Å². The molecule has 1 aromatic carbocycles. The van der Waals surface area contributed by atoms with Crippen molar-refractivity contribution >= 4 is 5.69 Å². The lowest BCUT2D eigenvalue weighted by molar-refractivity contribution is 0.0626. The molecule has 0 aliphatic carbocycles. The van der Waals surface area contributed by atoms with Crippen molar-refractivity contribution in [3.05, 3.63) is 53.1 Å². The average molecular weight is 321 g/mol. The molecule has 2 aromatic rings. The lowest BCUT2D eigenvalue weighted by Crippen LogP contribution is -2.62. The van der Waals surface area contributed by atoms with Crippen LogP contribution in [0.2, 0.25) is 0 Å². The second kappa shape index (κ2) is 4.38. The Labute approximate surface area is 145 Å². The molecule has 0 amide bonds. The number of fused-ring (bicyclic) bond motifs is 5. The zero-order valence-corrected chi connectivity index (χ0v) is 15.8. The molecule has 0 fully saturated rings. The summed E-state index contributed by atoms with van der Waals surface area (Å²) in [7, 11) is 0. The topological polar surface area (TPSA) is 29.0 Å². The Hall–Kier alpha value is -1.90. The van der Waals surface area contributed by atoms with Gasteiger partial charge in [-0.3, -0.25) is 0 Å². The molecule has 1 aromatic heterocycles. The number of benzene rings is 1. The SMILES string of the molecule is Cc1cccc2c1N1C(C)c3cncnc3C1(C)C(C)(C)C2(C)C. The van der Waals surface area contributed by atoms with Crippen molar-refractivity contribution in [1.29, 1.82) is 0 Å². The Balaban J connectivity index is 2.15. The van der Waals surface area contributed by atoms with E-state index in [0.717, 1.165) is 0 Å². The van der Waals surface area contributed by atoms with Crippen LogP contribution in [0.15, 0.2) is 30.7 Å². The molecule has 0 bridgehead atoms. The highest BCUT2D eigenvalue weighted by Crippen LogP contribution is 2.66. The minimum absolute atomic E-state index is 0.00859. The number of nitrogens with zero attached hydrogens (tertiary/aromatic N) is 3. The number of aromatic nitrogens is 2. The van der Waals surface area contributed by atoms with Gasteiger partial charge in [0.25, 0.3) is 0 Å². The van der Waals surface area contributed by atoms with E-state index in [1.165, 1.54) is 28.1 Å².